The zero-order valence-corrected chi connectivity index (χ0v) is 20.6. The van der Waals surface area contributed by atoms with Gasteiger partial charge in [-0.25, -0.2) is 13.2 Å². The van der Waals surface area contributed by atoms with E-state index in [4.69, 9.17) is 14.2 Å². The molecule has 34 heavy (non-hydrogen) atoms. The van der Waals surface area contributed by atoms with Crippen LogP contribution in [0.5, 0.6) is 11.5 Å². The van der Waals surface area contributed by atoms with Gasteiger partial charge < -0.3 is 24.0 Å². The number of benzene rings is 2. The maximum atomic E-state index is 13.7. The van der Waals surface area contributed by atoms with Gasteiger partial charge in [0.05, 0.1) is 31.8 Å². The Morgan fingerprint density at radius 3 is 2.38 bits per heavy atom. The van der Waals surface area contributed by atoms with E-state index in [0.29, 0.717) is 50.0 Å². The van der Waals surface area contributed by atoms with Crippen LogP contribution in [0.2, 0.25) is 0 Å². The SMILES string of the molecule is CCOc1cc([C@H]2N(C(=O)N3CCOCC3)CCN2S(=O)(=O)c2ccc(C)cc2)ccc1OC. The average molecular weight is 490 g/mol. The van der Waals surface area contributed by atoms with E-state index in [1.807, 2.05) is 13.8 Å². The zero-order chi connectivity index (χ0) is 24.3. The van der Waals surface area contributed by atoms with Gasteiger partial charge in [-0.05, 0) is 43.7 Å². The summed E-state index contributed by atoms with van der Waals surface area (Å²) < 4.78 is 45.3. The van der Waals surface area contributed by atoms with E-state index in [2.05, 4.69) is 0 Å². The van der Waals surface area contributed by atoms with Crippen LogP contribution >= 0.6 is 0 Å². The number of methoxy groups -OCH3 is 1. The minimum Gasteiger partial charge on any atom is -0.493 e. The molecule has 2 saturated heterocycles. The Kier molecular flexibility index (Phi) is 7.30. The highest BCUT2D eigenvalue weighted by atomic mass is 32.2. The number of sulfonamides is 1. The summed E-state index contributed by atoms with van der Waals surface area (Å²) in [5, 5.41) is 0. The highest BCUT2D eigenvalue weighted by Gasteiger charge is 2.44. The number of hydrogen-bond donors (Lipinski definition) is 0. The monoisotopic (exact) mass is 489 g/mol. The lowest BCUT2D eigenvalue weighted by Crippen LogP contribution is -2.49. The first-order valence-corrected chi connectivity index (χ1v) is 12.8. The van der Waals surface area contributed by atoms with Crippen LogP contribution in [0.4, 0.5) is 4.79 Å². The predicted octanol–water partition coefficient (Wildman–Crippen LogP) is 2.86. The highest BCUT2D eigenvalue weighted by molar-refractivity contribution is 7.89. The summed E-state index contributed by atoms with van der Waals surface area (Å²) in [5.41, 5.74) is 1.61. The molecule has 0 aliphatic carbocycles. The summed E-state index contributed by atoms with van der Waals surface area (Å²) in [4.78, 5) is 17.0. The van der Waals surface area contributed by atoms with E-state index >= 15 is 0 Å². The van der Waals surface area contributed by atoms with Crippen molar-refractivity contribution in [3.63, 3.8) is 0 Å². The van der Waals surface area contributed by atoms with Gasteiger partial charge in [-0.1, -0.05) is 23.8 Å². The third kappa shape index (κ3) is 4.70. The Labute approximate surface area is 200 Å². The minimum absolute atomic E-state index is 0.187. The molecule has 2 aliphatic rings. The maximum absolute atomic E-state index is 13.7. The number of ether oxygens (including phenoxy) is 3. The second-order valence-corrected chi connectivity index (χ2v) is 10.1. The number of carbonyl (C=O) groups excluding carboxylic acids is 1. The molecule has 0 spiro atoms. The van der Waals surface area contributed by atoms with Crippen molar-refractivity contribution in [2.75, 3.05) is 53.1 Å². The van der Waals surface area contributed by atoms with Gasteiger partial charge in [0.1, 0.15) is 6.17 Å². The van der Waals surface area contributed by atoms with Gasteiger partial charge >= 0.3 is 6.03 Å². The molecule has 0 aromatic heterocycles. The van der Waals surface area contributed by atoms with Crippen LogP contribution in [-0.4, -0.2) is 81.7 Å². The number of morpholine rings is 1. The molecule has 2 fully saturated rings. The molecule has 4 rings (SSSR count). The van der Waals surface area contributed by atoms with Gasteiger partial charge in [-0.2, -0.15) is 4.31 Å². The van der Waals surface area contributed by atoms with Gasteiger partial charge in [-0.3, -0.25) is 0 Å². The highest BCUT2D eigenvalue weighted by Crippen LogP contribution is 2.39. The Bertz CT molecular complexity index is 1120. The Balaban J connectivity index is 1.76. The fourth-order valence-electron chi connectivity index (χ4n) is 4.31. The van der Waals surface area contributed by atoms with E-state index in [1.54, 1.807) is 59.4 Å². The summed E-state index contributed by atoms with van der Waals surface area (Å²) in [6, 6.07) is 11.8. The molecule has 1 atom stereocenters. The van der Waals surface area contributed by atoms with Gasteiger partial charge in [0.25, 0.3) is 0 Å². The summed E-state index contributed by atoms with van der Waals surface area (Å²) in [5.74, 6) is 1.04. The third-order valence-corrected chi connectivity index (χ3v) is 7.94. The molecule has 184 valence electrons. The van der Waals surface area contributed by atoms with Crippen molar-refractivity contribution in [3.8, 4) is 11.5 Å². The van der Waals surface area contributed by atoms with Crippen LogP contribution in [0, 0.1) is 6.92 Å². The standard InChI is InChI=1S/C24H31N3O6S/c1-4-33-22-17-19(7-10-21(22)31-3)23-26(24(28)25-13-15-32-16-14-25)11-12-27(23)34(29,30)20-8-5-18(2)6-9-20/h5-10,17,23H,4,11-16H2,1-3H3/t23-/m0/s1. The lowest BCUT2D eigenvalue weighted by Gasteiger charge is -2.35. The molecule has 0 radical (unpaired) electrons. The van der Waals surface area contributed by atoms with Crippen molar-refractivity contribution < 1.29 is 27.4 Å². The fourth-order valence-corrected chi connectivity index (χ4v) is 5.88. The van der Waals surface area contributed by atoms with Crippen molar-refractivity contribution >= 4 is 16.1 Å². The van der Waals surface area contributed by atoms with Crippen molar-refractivity contribution in [2.24, 2.45) is 0 Å². The minimum atomic E-state index is -3.87. The van der Waals surface area contributed by atoms with Gasteiger partial charge in [0.2, 0.25) is 10.0 Å². The van der Waals surface area contributed by atoms with Gasteiger partial charge in [-0.15, -0.1) is 0 Å². The Hall–Kier alpha value is -2.82. The molecule has 2 aromatic rings. The predicted molar refractivity (Wildman–Crippen MR) is 126 cm³/mol. The first-order chi connectivity index (χ1) is 16.4. The molecule has 0 N–H and O–H groups in total. The fraction of sp³-hybridized carbons (Fsp3) is 0.458. The second kappa shape index (κ2) is 10.2. The number of aryl methyl sites for hydroxylation is 1. The van der Waals surface area contributed by atoms with Gasteiger partial charge in [0.15, 0.2) is 11.5 Å². The van der Waals surface area contributed by atoms with Crippen molar-refractivity contribution in [3.05, 3.63) is 53.6 Å². The van der Waals surface area contributed by atoms with E-state index < -0.39 is 16.2 Å². The summed E-state index contributed by atoms with van der Waals surface area (Å²) in [6.45, 7) is 6.54. The Morgan fingerprint density at radius 2 is 1.74 bits per heavy atom. The van der Waals surface area contributed by atoms with E-state index in [1.165, 1.54) is 4.31 Å². The van der Waals surface area contributed by atoms with Crippen LogP contribution < -0.4 is 9.47 Å². The molecule has 2 amide bonds. The quantitative estimate of drug-likeness (QED) is 0.620. The largest absolute Gasteiger partial charge is 0.493 e. The van der Waals surface area contributed by atoms with Crippen LogP contribution in [0.3, 0.4) is 0 Å². The van der Waals surface area contributed by atoms with Gasteiger partial charge in [0, 0.05) is 26.2 Å². The Morgan fingerprint density at radius 1 is 1.03 bits per heavy atom. The molecule has 2 aliphatic heterocycles. The number of nitrogens with zero attached hydrogens (tertiary/aromatic N) is 3. The summed E-state index contributed by atoms with van der Waals surface area (Å²) in [6.07, 6.45) is -0.813. The lowest BCUT2D eigenvalue weighted by atomic mass is 10.1. The summed E-state index contributed by atoms with van der Waals surface area (Å²) >= 11 is 0. The van der Waals surface area contributed by atoms with Crippen LogP contribution in [0.15, 0.2) is 47.4 Å². The lowest BCUT2D eigenvalue weighted by molar-refractivity contribution is 0.0400. The van der Waals surface area contributed by atoms with Crippen molar-refractivity contribution in [1.82, 2.24) is 14.1 Å². The summed E-state index contributed by atoms with van der Waals surface area (Å²) in [7, 11) is -2.32. The van der Waals surface area contributed by atoms with Crippen molar-refractivity contribution in [1.29, 1.82) is 0 Å². The molecular weight excluding hydrogens is 458 g/mol. The number of carbonyl (C=O) groups is 1. The third-order valence-electron chi connectivity index (χ3n) is 6.07. The van der Waals surface area contributed by atoms with Crippen LogP contribution in [0.1, 0.15) is 24.2 Å². The van der Waals surface area contributed by atoms with E-state index in [-0.39, 0.29) is 24.0 Å². The van der Waals surface area contributed by atoms with Crippen LogP contribution in [0.25, 0.3) is 0 Å². The molecule has 0 bridgehead atoms. The molecule has 9 nitrogen and oxygen atoms in total. The number of rotatable bonds is 6. The number of hydrogen-bond acceptors (Lipinski definition) is 6. The molecule has 10 heteroatoms. The second-order valence-electron chi connectivity index (χ2n) is 8.22. The molecule has 0 saturated carbocycles. The first-order valence-electron chi connectivity index (χ1n) is 11.4. The normalized spacial score (nSPS) is 19.3. The molecule has 0 unspecified atom stereocenters. The molecule has 2 aromatic carbocycles. The number of urea groups is 1. The van der Waals surface area contributed by atoms with Crippen molar-refractivity contribution in [2.45, 2.75) is 24.9 Å². The number of amides is 2. The smallest absolute Gasteiger partial charge is 0.321 e. The topological polar surface area (TPSA) is 88.6 Å². The average Bonchev–Trinajstić information content (AvgIpc) is 3.31. The van der Waals surface area contributed by atoms with E-state index in [0.717, 1.165) is 5.56 Å². The molecular formula is C24H31N3O6S. The zero-order valence-electron chi connectivity index (χ0n) is 19.8. The van der Waals surface area contributed by atoms with E-state index in [9.17, 15) is 13.2 Å². The first kappa shape index (κ1) is 24.3. The maximum Gasteiger partial charge on any atom is 0.321 e. The van der Waals surface area contributed by atoms with Crippen LogP contribution in [-0.2, 0) is 14.8 Å². The molecule has 2 heterocycles.